The smallest absolute Gasteiger partial charge is 0.315 e. The minimum absolute atomic E-state index is 0.192. The van der Waals surface area contributed by atoms with Crippen LogP contribution in [0.1, 0.15) is 37.3 Å². The predicted octanol–water partition coefficient (Wildman–Crippen LogP) is 3.95. The van der Waals surface area contributed by atoms with Crippen molar-refractivity contribution >= 4 is 6.03 Å². The first-order valence-electron chi connectivity index (χ1n) is 10.9. The summed E-state index contributed by atoms with van der Waals surface area (Å²) in [7, 11) is 0. The second-order valence-corrected chi connectivity index (χ2v) is 7.52. The minimum atomic E-state index is -0.192. The van der Waals surface area contributed by atoms with Crippen LogP contribution in [-0.4, -0.2) is 43.8 Å². The number of hydrogen-bond donors (Lipinski definition) is 2. The first kappa shape index (κ1) is 22.0. The fraction of sp³-hybridized carbons (Fsp3) is 0.458. The second-order valence-electron chi connectivity index (χ2n) is 7.52. The summed E-state index contributed by atoms with van der Waals surface area (Å²) in [6.45, 7) is 7.37. The van der Waals surface area contributed by atoms with Gasteiger partial charge in [-0.05, 0) is 68.2 Å². The highest BCUT2D eigenvalue weighted by atomic mass is 16.5. The molecule has 1 saturated heterocycles. The molecule has 6 nitrogen and oxygen atoms in total. The van der Waals surface area contributed by atoms with E-state index >= 15 is 0 Å². The standard InChI is InChI=1S/C24H33N3O3/c1-2-29-22-10-12-23(13-11-22)30-17-14-25-24(28)26-18-20-6-8-21(9-7-20)19-27-15-4-3-5-16-27/h6-13H,2-5,14-19H2,1H3,(H2,25,26,28). The molecular formula is C24H33N3O3. The molecule has 0 unspecified atom stereocenters. The first-order chi connectivity index (χ1) is 14.7. The molecule has 6 heteroatoms. The zero-order valence-corrected chi connectivity index (χ0v) is 17.9. The van der Waals surface area contributed by atoms with Crippen LogP contribution in [0.3, 0.4) is 0 Å². The number of carbonyl (C=O) groups is 1. The number of nitrogens with zero attached hydrogens (tertiary/aromatic N) is 1. The predicted molar refractivity (Wildman–Crippen MR) is 119 cm³/mol. The fourth-order valence-electron chi connectivity index (χ4n) is 3.52. The van der Waals surface area contributed by atoms with Crippen molar-refractivity contribution in [1.29, 1.82) is 0 Å². The third kappa shape index (κ3) is 7.59. The normalized spacial score (nSPS) is 14.2. The first-order valence-corrected chi connectivity index (χ1v) is 10.9. The summed E-state index contributed by atoms with van der Waals surface area (Å²) in [5, 5.41) is 5.70. The minimum Gasteiger partial charge on any atom is -0.494 e. The number of amides is 2. The van der Waals surface area contributed by atoms with Crippen molar-refractivity contribution in [3.63, 3.8) is 0 Å². The third-order valence-electron chi connectivity index (χ3n) is 5.12. The zero-order valence-electron chi connectivity index (χ0n) is 17.9. The van der Waals surface area contributed by atoms with Gasteiger partial charge in [-0.2, -0.15) is 0 Å². The van der Waals surface area contributed by atoms with E-state index in [-0.39, 0.29) is 6.03 Å². The largest absolute Gasteiger partial charge is 0.494 e. The number of ether oxygens (including phenoxy) is 2. The number of piperidine rings is 1. The van der Waals surface area contributed by atoms with E-state index in [1.165, 1.54) is 37.9 Å². The quantitative estimate of drug-likeness (QED) is 0.581. The molecule has 1 aliphatic heterocycles. The van der Waals surface area contributed by atoms with Crippen molar-refractivity contribution in [3.8, 4) is 11.5 Å². The van der Waals surface area contributed by atoms with E-state index in [1.807, 2.05) is 31.2 Å². The number of hydrogen-bond acceptors (Lipinski definition) is 4. The SMILES string of the molecule is CCOc1ccc(OCCNC(=O)NCc2ccc(CN3CCCCC3)cc2)cc1. The van der Waals surface area contributed by atoms with Crippen LogP contribution in [0.15, 0.2) is 48.5 Å². The van der Waals surface area contributed by atoms with Crippen LogP contribution in [-0.2, 0) is 13.1 Å². The van der Waals surface area contributed by atoms with Gasteiger partial charge in [-0.25, -0.2) is 4.79 Å². The molecule has 162 valence electrons. The second kappa shape index (κ2) is 12.1. The monoisotopic (exact) mass is 411 g/mol. The molecule has 2 aromatic carbocycles. The van der Waals surface area contributed by atoms with E-state index in [0.717, 1.165) is 23.6 Å². The van der Waals surface area contributed by atoms with E-state index in [4.69, 9.17) is 9.47 Å². The number of rotatable bonds is 10. The zero-order chi connectivity index (χ0) is 21.0. The van der Waals surface area contributed by atoms with Crippen LogP contribution in [0.2, 0.25) is 0 Å². The average Bonchev–Trinajstić information content (AvgIpc) is 2.78. The highest BCUT2D eigenvalue weighted by Crippen LogP contribution is 2.17. The maximum Gasteiger partial charge on any atom is 0.315 e. The van der Waals surface area contributed by atoms with Crippen molar-refractivity contribution in [2.45, 2.75) is 39.3 Å². The van der Waals surface area contributed by atoms with Crippen LogP contribution >= 0.6 is 0 Å². The summed E-state index contributed by atoms with van der Waals surface area (Å²) < 4.78 is 11.0. The van der Waals surface area contributed by atoms with Gasteiger partial charge in [0.1, 0.15) is 18.1 Å². The van der Waals surface area contributed by atoms with E-state index in [0.29, 0.717) is 26.3 Å². The Morgan fingerprint density at radius 1 is 0.867 bits per heavy atom. The van der Waals surface area contributed by atoms with Crippen LogP contribution in [0.4, 0.5) is 4.79 Å². The molecule has 1 fully saturated rings. The number of urea groups is 1. The van der Waals surface area contributed by atoms with Crippen LogP contribution < -0.4 is 20.1 Å². The summed E-state index contributed by atoms with van der Waals surface area (Å²) in [4.78, 5) is 14.5. The Labute approximate surface area is 179 Å². The number of carbonyl (C=O) groups excluding carboxylic acids is 1. The van der Waals surface area contributed by atoms with Crippen molar-refractivity contribution < 1.29 is 14.3 Å². The number of nitrogens with one attached hydrogen (secondary N) is 2. The van der Waals surface area contributed by atoms with Gasteiger partial charge in [-0.1, -0.05) is 30.7 Å². The highest BCUT2D eigenvalue weighted by Gasteiger charge is 2.10. The summed E-state index contributed by atoms with van der Waals surface area (Å²) in [5.41, 5.74) is 2.43. The van der Waals surface area contributed by atoms with Gasteiger partial charge in [0, 0.05) is 13.1 Å². The average molecular weight is 412 g/mol. The van der Waals surface area contributed by atoms with Gasteiger partial charge in [-0.15, -0.1) is 0 Å². The number of benzene rings is 2. The van der Waals surface area contributed by atoms with Crippen molar-refractivity contribution in [2.75, 3.05) is 32.8 Å². The molecule has 1 aliphatic rings. The molecule has 0 aliphatic carbocycles. The van der Waals surface area contributed by atoms with E-state index in [9.17, 15) is 4.79 Å². The molecule has 0 atom stereocenters. The van der Waals surface area contributed by atoms with E-state index in [2.05, 4.69) is 39.8 Å². The van der Waals surface area contributed by atoms with Crippen molar-refractivity contribution in [3.05, 3.63) is 59.7 Å². The molecule has 0 spiro atoms. The molecule has 1 heterocycles. The Morgan fingerprint density at radius 2 is 1.50 bits per heavy atom. The topological polar surface area (TPSA) is 62.8 Å². The Bertz CT molecular complexity index is 756. The third-order valence-corrected chi connectivity index (χ3v) is 5.12. The summed E-state index contributed by atoms with van der Waals surface area (Å²) in [6, 6.07) is 15.8. The van der Waals surface area contributed by atoms with Gasteiger partial charge in [0.15, 0.2) is 0 Å². The van der Waals surface area contributed by atoms with Gasteiger partial charge in [0.05, 0.1) is 13.2 Å². The van der Waals surface area contributed by atoms with E-state index in [1.54, 1.807) is 0 Å². The molecule has 0 radical (unpaired) electrons. The maximum absolute atomic E-state index is 12.0. The van der Waals surface area contributed by atoms with Gasteiger partial charge in [0.2, 0.25) is 0 Å². The van der Waals surface area contributed by atoms with Crippen LogP contribution in [0.5, 0.6) is 11.5 Å². The Balaban J connectivity index is 1.29. The molecule has 0 saturated carbocycles. The maximum atomic E-state index is 12.0. The lowest BCUT2D eigenvalue weighted by Crippen LogP contribution is -2.37. The van der Waals surface area contributed by atoms with Gasteiger partial charge < -0.3 is 20.1 Å². The summed E-state index contributed by atoms with van der Waals surface area (Å²) in [6.07, 6.45) is 3.97. The number of likely N-dealkylation sites (tertiary alicyclic amines) is 1. The summed E-state index contributed by atoms with van der Waals surface area (Å²) >= 11 is 0. The molecule has 2 amide bonds. The van der Waals surface area contributed by atoms with E-state index < -0.39 is 0 Å². The Kier molecular flexibility index (Phi) is 8.84. The lowest BCUT2D eigenvalue weighted by molar-refractivity contribution is 0.221. The molecular weight excluding hydrogens is 378 g/mol. The van der Waals surface area contributed by atoms with Gasteiger partial charge in [-0.3, -0.25) is 4.90 Å². The Hall–Kier alpha value is -2.73. The van der Waals surface area contributed by atoms with Crippen LogP contribution in [0, 0.1) is 0 Å². The summed E-state index contributed by atoms with van der Waals surface area (Å²) in [5.74, 6) is 1.58. The van der Waals surface area contributed by atoms with Gasteiger partial charge in [0.25, 0.3) is 0 Å². The van der Waals surface area contributed by atoms with Crippen molar-refractivity contribution in [1.82, 2.24) is 15.5 Å². The molecule has 0 bridgehead atoms. The Morgan fingerprint density at radius 3 is 2.17 bits per heavy atom. The van der Waals surface area contributed by atoms with Crippen molar-refractivity contribution in [2.24, 2.45) is 0 Å². The molecule has 2 N–H and O–H groups in total. The van der Waals surface area contributed by atoms with Gasteiger partial charge >= 0.3 is 6.03 Å². The lowest BCUT2D eigenvalue weighted by atomic mass is 10.1. The lowest BCUT2D eigenvalue weighted by Gasteiger charge is -2.26. The fourth-order valence-corrected chi connectivity index (χ4v) is 3.52. The molecule has 0 aromatic heterocycles. The molecule has 3 rings (SSSR count). The van der Waals surface area contributed by atoms with Crippen LogP contribution in [0.25, 0.3) is 0 Å². The highest BCUT2D eigenvalue weighted by molar-refractivity contribution is 5.73. The molecule has 2 aromatic rings. The molecule has 30 heavy (non-hydrogen) atoms.